The number of likely N-dealkylation sites (tertiary alicyclic amines) is 1. The summed E-state index contributed by atoms with van der Waals surface area (Å²) in [6.07, 6.45) is 0.321. The summed E-state index contributed by atoms with van der Waals surface area (Å²) in [7, 11) is 0. The minimum Gasteiger partial charge on any atom is -0.508 e. The number of phenolic OH excluding ortho intramolecular Hbond substituents is 1. The van der Waals surface area contributed by atoms with Crippen LogP contribution < -0.4 is 0 Å². The van der Waals surface area contributed by atoms with Crippen LogP contribution in [0.25, 0.3) is 10.9 Å². The van der Waals surface area contributed by atoms with Gasteiger partial charge in [-0.1, -0.05) is 28.1 Å². The lowest BCUT2D eigenvalue weighted by molar-refractivity contribution is 0.0293. The van der Waals surface area contributed by atoms with Gasteiger partial charge in [-0.05, 0) is 57.5 Å². The van der Waals surface area contributed by atoms with Crippen LogP contribution in [0, 0.1) is 0 Å². The number of H-pyrrole nitrogens is 1. The molecule has 1 aliphatic heterocycles. The Morgan fingerprint density at radius 3 is 2.72 bits per heavy atom. The molecule has 0 saturated carbocycles. The van der Waals surface area contributed by atoms with Gasteiger partial charge in [0.05, 0.1) is 17.3 Å². The van der Waals surface area contributed by atoms with Crippen LogP contribution in [0.2, 0.25) is 0 Å². The number of benzene rings is 2. The van der Waals surface area contributed by atoms with Crippen molar-refractivity contribution in [1.82, 2.24) is 9.88 Å². The monoisotopic (exact) mass is 499 g/mol. The fourth-order valence-electron chi connectivity index (χ4n) is 3.85. The van der Waals surface area contributed by atoms with E-state index in [1.165, 1.54) is 0 Å². The van der Waals surface area contributed by atoms with Crippen molar-refractivity contribution in [3.8, 4) is 11.6 Å². The molecule has 0 bridgehead atoms. The number of aromatic amines is 1. The number of nitrogens with zero attached hydrogens (tertiary/aromatic N) is 2. The highest BCUT2D eigenvalue weighted by Gasteiger charge is 2.30. The molecular formula is C24H26BrN3O4. The molecular weight excluding hydrogens is 474 g/mol. The number of carbonyl (C=O) groups excluding carboxylic acids is 1. The summed E-state index contributed by atoms with van der Waals surface area (Å²) >= 11 is 3.50. The first-order chi connectivity index (χ1) is 15.1. The van der Waals surface area contributed by atoms with E-state index in [-0.39, 0.29) is 23.8 Å². The first-order valence-electron chi connectivity index (χ1n) is 10.5. The van der Waals surface area contributed by atoms with E-state index in [1.807, 2.05) is 45.0 Å². The highest BCUT2D eigenvalue weighted by atomic mass is 79.9. The van der Waals surface area contributed by atoms with E-state index in [4.69, 9.17) is 9.73 Å². The Bertz CT molecular complexity index is 1200. The zero-order valence-corrected chi connectivity index (χ0v) is 19.8. The molecule has 0 radical (unpaired) electrons. The van der Waals surface area contributed by atoms with E-state index in [1.54, 1.807) is 23.1 Å². The van der Waals surface area contributed by atoms with Crippen LogP contribution in [-0.4, -0.2) is 56.6 Å². The highest BCUT2D eigenvalue weighted by Crippen LogP contribution is 2.33. The molecule has 3 N–H and O–H groups in total. The maximum absolute atomic E-state index is 12.5. The van der Waals surface area contributed by atoms with Gasteiger partial charge in [0, 0.05) is 34.0 Å². The SMILES string of the molecule is CC(C)(C)OC(=O)N1CCC(N=C(c2cccc(O)c2)c2c(O)[nH]c3ccc(Br)cc23)C1. The Morgan fingerprint density at radius 1 is 1.22 bits per heavy atom. The average Bonchev–Trinajstić information content (AvgIpc) is 3.29. The zero-order chi connectivity index (χ0) is 23.0. The summed E-state index contributed by atoms with van der Waals surface area (Å²) in [5.74, 6) is 0.111. The third kappa shape index (κ3) is 4.75. The van der Waals surface area contributed by atoms with Gasteiger partial charge in [0.25, 0.3) is 0 Å². The average molecular weight is 500 g/mol. The molecule has 1 saturated heterocycles. The van der Waals surface area contributed by atoms with Gasteiger partial charge in [-0.3, -0.25) is 4.99 Å². The van der Waals surface area contributed by atoms with Gasteiger partial charge in [0.1, 0.15) is 11.4 Å². The maximum Gasteiger partial charge on any atom is 0.410 e. The van der Waals surface area contributed by atoms with Gasteiger partial charge in [0.15, 0.2) is 5.88 Å². The fourth-order valence-corrected chi connectivity index (χ4v) is 4.21. The molecule has 1 atom stereocenters. The molecule has 1 aliphatic rings. The molecule has 1 unspecified atom stereocenters. The molecule has 1 aromatic heterocycles. The molecule has 8 heteroatoms. The second-order valence-corrected chi connectivity index (χ2v) is 9.85. The number of nitrogens with one attached hydrogen (secondary N) is 1. The third-order valence-corrected chi connectivity index (χ3v) is 5.72. The van der Waals surface area contributed by atoms with E-state index in [9.17, 15) is 15.0 Å². The van der Waals surface area contributed by atoms with Crippen molar-refractivity contribution < 1.29 is 19.7 Å². The lowest BCUT2D eigenvalue weighted by atomic mass is 10.00. The maximum atomic E-state index is 12.5. The predicted molar refractivity (Wildman–Crippen MR) is 128 cm³/mol. The number of rotatable bonds is 3. The first-order valence-corrected chi connectivity index (χ1v) is 11.3. The van der Waals surface area contributed by atoms with Gasteiger partial charge >= 0.3 is 6.09 Å². The molecule has 3 aromatic rings. The van der Waals surface area contributed by atoms with E-state index in [0.717, 1.165) is 15.4 Å². The fraction of sp³-hybridized carbons (Fsp3) is 0.333. The summed E-state index contributed by atoms with van der Waals surface area (Å²) in [6, 6.07) is 12.3. The lowest BCUT2D eigenvalue weighted by Gasteiger charge is -2.24. The van der Waals surface area contributed by atoms with Crippen LogP contribution >= 0.6 is 15.9 Å². The van der Waals surface area contributed by atoms with Crippen LogP contribution in [0.5, 0.6) is 11.6 Å². The molecule has 4 rings (SSSR count). The number of ether oxygens (including phenoxy) is 1. The van der Waals surface area contributed by atoms with Crippen molar-refractivity contribution in [1.29, 1.82) is 0 Å². The van der Waals surface area contributed by atoms with Crippen molar-refractivity contribution in [2.24, 2.45) is 4.99 Å². The second kappa shape index (κ2) is 8.50. The number of halogens is 1. The van der Waals surface area contributed by atoms with Crippen LogP contribution in [0.15, 0.2) is 51.9 Å². The van der Waals surface area contributed by atoms with Crippen LogP contribution in [0.3, 0.4) is 0 Å². The summed E-state index contributed by atoms with van der Waals surface area (Å²) in [5, 5.41) is 21.6. The van der Waals surface area contributed by atoms with Crippen LogP contribution in [0.1, 0.15) is 38.3 Å². The number of amides is 1. The van der Waals surface area contributed by atoms with Gasteiger partial charge in [-0.2, -0.15) is 0 Å². The highest BCUT2D eigenvalue weighted by molar-refractivity contribution is 9.10. The molecule has 1 fully saturated rings. The third-order valence-electron chi connectivity index (χ3n) is 5.22. The van der Waals surface area contributed by atoms with Gasteiger partial charge in [-0.25, -0.2) is 4.79 Å². The van der Waals surface area contributed by atoms with Crippen molar-refractivity contribution in [3.63, 3.8) is 0 Å². The van der Waals surface area contributed by atoms with Gasteiger partial charge in [-0.15, -0.1) is 0 Å². The molecule has 2 heterocycles. The number of aromatic nitrogens is 1. The number of aromatic hydroxyl groups is 2. The second-order valence-electron chi connectivity index (χ2n) is 8.94. The topological polar surface area (TPSA) is 98.2 Å². The van der Waals surface area contributed by atoms with E-state index >= 15 is 0 Å². The van der Waals surface area contributed by atoms with Crippen molar-refractivity contribution in [2.45, 2.75) is 38.8 Å². The number of hydrogen-bond donors (Lipinski definition) is 3. The van der Waals surface area contributed by atoms with E-state index in [2.05, 4.69) is 20.9 Å². The minimum atomic E-state index is -0.561. The summed E-state index contributed by atoms with van der Waals surface area (Å²) in [6.45, 7) is 6.49. The number of carbonyl (C=O) groups is 1. The normalized spacial score (nSPS) is 17.2. The van der Waals surface area contributed by atoms with E-state index in [0.29, 0.717) is 36.3 Å². The van der Waals surface area contributed by atoms with Crippen molar-refractivity contribution in [2.75, 3.05) is 13.1 Å². The molecule has 2 aromatic carbocycles. The summed E-state index contributed by atoms with van der Waals surface area (Å²) in [5.41, 5.74) is 2.00. The lowest BCUT2D eigenvalue weighted by Crippen LogP contribution is -2.35. The summed E-state index contributed by atoms with van der Waals surface area (Å²) < 4.78 is 6.37. The standard InChI is InChI=1S/C24H26BrN3O4/c1-24(2,3)32-23(31)28-10-9-16(13-28)26-21(14-5-4-6-17(29)11-14)20-18-12-15(25)7-8-19(18)27-22(20)30/h4-8,11-12,16,27,29-30H,9-10,13H2,1-3H3. The molecule has 0 aliphatic carbocycles. The largest absolute Gasteiger partial charge is 0.508 e. The quantitative estimate of drug-likeness (QED) is 0.432. The number of fused-ring (bicyclic) bond motifs is 1. The zero-order valence-electron chi connectivity index (χ0n) is 18.2. The Hall–Kier alpha value is -3.00. The molecule has 32 heavy (non-hydrogen) atoms. The number of hydrogen-bond acceptors (Lipinski definition) is 5. The minimum absolute atomic E-state index is 0.00203. The molecule has 1 amide bonds. The smallest absolute Gasteiger partial charge is 0.410 e. The summed E-state index contributed by atoms with van der Waals surface area (Å²) in [4.78, 5) is 22.1. The molecule has 168 valence electrons. The van der Waals surface area contributed by atoms with Crippen LogP contribution in [0.4, 0.5) is 4.79 Å². The van der Waals surface area contributed by atoms with Crippen LogP contribution in [-0.2, 0) is 4.74 Å². The van der Waals surface area contributed by atoms with Crippen molar-refractivity contribution in [3.05, 3.63) is 58.1 Å². The Balaban J connectivity index is 1.74. The molecule has 0 spiro atoms. The van der Waals surface area contributed by atoms with Gasteiger partial charge < -0.3 is 24.8 Å². The Kier molecular flexibility index (Phi) is 5.90. The van der Waals surface area contributed by atoms with Crippen molar-refractivity contribution >= 4 is 38.6 Å². The Morgan fingerprint density at radius 2 is 2.00 bits per heavy atom. The first kappa shape index (κ1) is 22.2. The number of aliphatic imine (C=N–C) groups is 1. The number of phenols is 1. The van der Waals surface area contributed by atoms with Gasteiger partial charge in [0.2, 0.25) is 0 Å². The predicted octanol–water partition coefficient (Wildman–Crippen LogP) is 5.19. The van der Waals surface area contributed by atoms with E-state index < -0.39 is 5.60 Å². The Labute approximate surface area is 194 Å². The molecule has 7 nitrogen and oxygen atoms in total.